The summed E-state index contributed by atoms with van der Waals surface area (Å²) >= 11 is 12.4. The summed E-state index contributed by atoms with van der Waals surface area (Å²) in [6.45, 7) is 3.70. The average Bonchev–Trinajstić information content (AvgIpc) is 2.45. The molecule has 1 amide bonds. The summed E-state index contributed by atoms with van der Waals surface area (Å²) in [4.78, 5) is 24.4. The number of amides is 1. The lowest BCUT2D eigenvalue weighted by Gasteiger charge is -2.22. The van der Waals surface area contributed by atoms with Gasteiger partial charge in [-0.3, -0.25) is 4.79 Å². The zero-order valence-corrected chi connectivity index (χ0v) is 14.1. The molecule has 0 aliphatic heterocycles. The second-order valence-electron chi connectivity index (χ2n) is 4.35. The van der Waals surface area contributed by atoms with Crippen LogP contribution in [0.1, 0.15) is 6.92 Å². The van der Waals surface area contributed by atoms with Crippen molar-refractivity contribution in [1.29, 1.82) is 0 Å². The Kier molecular flexibility index (Phi) is 7.44. The van der Waals surface area contributed by atoms with Gasteiger partial charge in [0.1, 0.15) is 0 Å². The van der Waals surface area contributed by atoms with E-state index >= 15 is 0 Å². The summed E-state index contributed by atoms with van der Waals surface area (Å²) in [5.41, 5.74) is 0.937. The molecule has 22 heavy (non-hydrogen) atoms. The van der Waals surface area contributed by atoms with Gasteiger partial charge in [0.15, 0.2) is 0 Å². The Morgan fingerprint density at radius 1 is 1.27 bits per heavy atom. The number of ether oxygens (including phenoxy) is 2. The Bertz CT molecular complexity index is 529. The van der Waals surface area contributed by atoms with Gasteiger partial charge in [0.2, 0.25) is 0 Å². The van der Waals surface area contributed by atoms with Crippen molar-refractivity contribution in [3.8, 4) is 0 Å². The van der Waals surface area contributed by atoms with E-state index in [1.807, 2.05) is 18.9 Å². The lowest BCUT2D eigenvalue weighted by molar-refractivity contribution is -0.150. The van der Waals surface area contributed by atoms with Crippen molar-refractivity contribution in [3.63, 3.8) is 0 Å². The highest BCUT2D eigenvalue weighted by molar-refractivity contribution is 6.41. The summed E-state index contributed by atoms with van der Waals surface area (Å²) in [5.74, 6) is -1.89. The van der Waals surface area contributed by atoms with Gasteiger partial charge in [-0.25, -0.2) is 4.79 Å². The first-order valence-electron chi connectivity index (χ1n) is 6.57. The fourth-order valence-corrected chi connectivity index (χ4v) is 2.51. The van der Waals surface area contributed by atoms with Crippen molar-refractivity contribution in [2.45, 2.75) is 6.92 Å². The third kappa shape index (κ3) is 5.05. The molecule has 1 aromatic rings. The van der Waals surface area contributed by atoms with Crippen molar-refractivity contribution >= 4 is 46.5 Å². The zero-order valence-electron chi connectivity index (χ0n) is 12.6. The summed E-state index contributed by atoms with van der Waals surface area (Å²) in [5, 5.41) is 3.07. The highest BCUT2D eigenvalue weighted by Gasteiger charge is 2.17. The molecule has 1 N–H and O–H groups in total. The predicted molar refractivity (Wildman–Crippen MR) is 86.9 cm³/mol. The number of esters is 1. The van der Waals surface area contributed by atoms with Gasteiger partial charge in [0, 0.05) is 25.9 Å². The first-order chi connectivity index (χ1) is 10.4. The number of nitrogens with zero attached hydrogens (tertiary/aromatic N) is 1. The Morgan fingerprint density at radius 3 is 2.36 bits per heavy atom. The van der Waals surface area contributed by atoms with Gasteiger partial charge < -0.3 is 19.7 Å². The Balaban J connectivity index is 2.87. The number of methoxy groups -OCH3 is 1. The molecule has 8 heteroatoms. The van der Waals surface area contributed by atoms with E-state index in [0.717, 1.165) is 7.11 Å². The van der Waals surface area contributed by atoms with Crippen molar-refractivity contribution in [2.24, 2.45) is 0 Å². The molecule has 0 aromatic heterocycles. The lowest BCUT2D eigenvalue weighted by atomic mass is 10.2. The minimum absolute atomic E-state index is 0.312. The van der Waals surface area contributed by atoms with E-state index < -0.39 is 11.9 Å². The van der Waals surface area contributed by atoms with Crippen LogP contribution < -0.4 is 10.2 Å². The van der Waals surface area contributed by atoms with Crippen LogP contribution in [0.4, 0.5) is 11.4 Å². The SMILES string of the molecule is CCOCCN(C)c1c(Cl)cc(NC(=O)C(=O)OC)cc1Cl. The third-order valence-corrected chi connectivity index (χ3v) is 3.38. The van der Waals surface area contributed by atoms with Crippen LogP contribution in [0.2, 0.25) is 10.0 Å². The van der Waals surface area contributed by atoms with Gasteiger partial charge in [-0.1, -0.05) is 23.2 Å². The highest BCUT2D eigenvalue weighted by atomic mass is 35.5. The van der Waals surface area contributed by atoms with Gasteiger partial charge in [0.05, 0.1) is 29.4 Å². The molecule has 0 unspecified atom stereocenters. The molecule has 0 bridgehead atoms. The average molecular weight is 349 g/mol. The summed E-state index contributed by atoms with van der Waals surface area (Å²) in [6.07, 6.45) is 0. The van der Waals surface area contributed by atoms with Gasteiger partial charge in [-0.2, -0.15) is 0 Å². The van der Waals surface area contributed by atoms with E-state index in [0.29, 0.717) is 41.2 Å². The minimum Gasteiger partial charge on any atom is -0.462 e. The Labute approximate surface area is 139 Å². The normalized spacial score (nSPS) is 10.2. The van der Waals surface area contributed by atoms with Crippen LogP contribution in [0.15, 0.2) is 12.1 Å². The van der Waals surface area contributed by atoms with E-state index in [1.54, 1.807) is 0 Å². The molecule has 0 aliphatic carbocycles. The molecule has 122 valence electrons. The molecule has 0 saturated heterocycles. The second kappa shape index (κ2) is 8.82. The second-order valence-corrected chi connectivity index (χ2v) is 5.17. The van der Waals surface area contributed by atoms with Crippen LogP contribution in [0.5, 0.6) is 0 Å². The molecule has 0 heterocycles. The molecule has 1 rings (SSSR count). The quantitative estimate of drug-likeness (QED) is 0.486. The molecular weight excluding hydrogens is 331 g/mol. The van der Waals surface area contributed by atoms with E-state index in [2.05, 4.69) is 10.1 Å². The number of hydrogen-bond donors (Lipinski definition) is 1. The smallest absolute Gasteiger partial charge is 0.396 e. The maximum absolute atomic E-state index is 11.5. The van der Waals surface area contributed by atoms with E-state index in [4.69, 9.17) is 27.9 Å². The van der Waals surface area contributed by atoms with Crippen LogP contribution in [-0.2, 0) is 19.1 Å². The molecule has 0 fully saturated rings. The van der Waals surface area contributed by atoms with Crippen molar-refractivity contribution < 1.29 is 19.1 Å². The monoisotopic (exact) mass is 348 g/mol. The molecule has 1 aromatic carbocycles. The zero-order chi connectivity index (χ0) is 16.7. The number of carbonyl (C=O) groups excluding carboxylic acids is 2. The number of anilines is 2. The Morgan fingerprint density at radius 2 is 1.86 bits per heavy atom. The van der Waals surface area contributed by atoms with Crippen LogP contribution >= 0.6 is 23.2 Å². The molecule has 6 nitrogen and oxygen atoms in total. The van der Waals surface area contributed by atoms with Crippen LogP contribution in [-0.4, -0.2) is 45.8 Å². The van der Waals surface area contributed by atoms with Gasteiger partial charge in [0.25, 0.3) is 0 Å². The van der Waals surface area contributed by atoms with Crippen LogP contribution in [0, 0.1) is 0 Å². The van der Waals surface area contributed by atoms with Gasteiger partial charge in [-0.15, -0.1) is 0 Å². The number of benzene rings is 1. The predicted octanol–water partition coefficient (Wildman–Crippen LogP) is 2.58. The lowest BCUT2D eigenvalue weighted by Crippen LogP contribution is -2.25. The first-order valence-corrected chi connectivity index (χ1v) is 7.33. The molecule has 0 saturated carbocycles. The number of likely N-dealkylation sites (N-methyl/N-ethyl adjacent to an activating group) is 1. The van der Waals surface area contributed by atoms with Crippen molar-refractivity contribution in [1.82, 2.24) is 0 Å². The number of carbonyl (C=O) groups is 2. The van der Waals surface area contributed by atoms with Crippen molar-refractivity contribution in [3.05, 3.63) is 22.2 Å². The van der Waals surface area contributed by atoms with E-state index in [-0.39, 0.29) is 0 Å². The molecule has 0 aliphatic rings. The van der Waals surface area contributed by atoms with E-state index in [9.17, 15) is 9.59 Å². The number of rotatable bonds is 6. The topological polar surface area (TPSA) is 67.9 Å². The largest absolute Gasteiger partial charge is 0.462 e. The Hall–Kier alpha value is -1.50. The molecule has 0 radical (unpaired) electrons. The molecule has 0 atom stereocenters. The van der Waals surface area contributed by atoms with Crippen LogP contribution in [0.25, 0.3) is 0 Å². The number of halogens is 2. The van der Waals surface area contributed by atoms with Crippen LogP contribution in [0.3, 0.4) is 0 Å². The summed E-state index contributed by atoms with van der Waals surface area (Å²) < 4.78 is 9.61. The molecule has 0 spiro atoms. The van der Waals surface area contributed by atoms with Crippen molar-refractivity contribution in [2.75, 3.05) is 44.1 Å². The summed E-state index contributed by atoms with van der Waals surface area (Å²) in [6, 6.07) is 3.03. The maximum atomic E-state index is 11.5. The minimum atomic E-state index is -0.995. The number of nitrogens with one attached hydrogen (secondary N) is 1. The number of hydrogen-bond acceptors (Lipinski definition) is 5. The maximum Gasteiger partial charge on any atom is 0.396 e. The standard InChI is InChI=1S/C14H18Cl2N2O4/c1-4-22-6-5-18(2)12-10(15)7-9(8-11(12)16)17-13(19)14(20)21-3/h7-8H,4-6H2,1-3H3,(H,17,19). The van der Waals surface area contributed by atoms with Gasteiger partial charge >= 0.3 is 11.9 Å². The third-order valence-electron chi connectivity index (χ3n) is 2.80. The highest BCUT2D eigenvalue weighted by Crippen LogP contribution is 2.36. The fraction of sp³-hybridized carbons (Fsp3) is 0.429. The summed E-state index contributed by atoms with van der Waals surface area (Å²) in [7, 11) is 2.96. The first kappa shape index (κ1) is 18.5. The molecular formula is C14H18Cl2N2O4. The van der Waals surface area contributed by atoms with E-state index in [1.165, 1.54) is 12.1 Å². The van der Waals surface area contributed by atoms with Gasteiger partial charge in [-0.05, 0) is 19.1 Å². The fourth-order valence-electron chi connectivity index (χ4n) is 1.73.